The Balaban J connectivity index is 1.26. The second-order valence-electron chi connectivity index (χ2n) is 8.81. The zero-order valence-electron chi connectivity index (χ0n) is 19.8. The molecule has 5 rings (SSSR count). The van der Waals surface area contributed by atoms with E-state index < -0.39 is 0 Å². The van der Waals surface area contributed by atoms with Gasteiger partial charge in [-0.05, 0) is 37.6 Å². The SMILES string of the molecule is CC1CN(c2ccc(CNC(=O)c3ccccc3-c3ncc(-c4ccccc4)o3)cn2)CC(C)O1. The highest BCUT2D eigenvalue weighted by Gasteiger charge is 2.23. The predicted octanol–water partition coefficient (Wildman–Crippen LogP) is 4.95. The van der Waals surface area contributed by atoms with Gasteiger partial charge in [-0.2, -0.15) is 0 Å². The molecule has 178 valence electrons. The monoisotopic (exact) mass is 468 g/mol. The highest BCUT2D eigenvalue weighted by molar-refractivity contribution is 6.00. The molecule has 1 saturated heterocycles. The molecule has 1 fully saturated rings. The minimum absolute atomic E-state index is 0.173. The van der Waals surface area contributed by atoms with Gasteiger partial charge in [0.15, 0.2) is 5.76 Å². The molecule has 2 aromatic carbocycles. The Kier molecular flexibility index (Phi) is 6.59. The summed E-state index contributed by atoms with van der Waals surface area (Å²) in [6.45, 7) is 6.15. The fourth-order valence-corrected chi connectivity index (χ4v) is 4.35. The van der Waals surface area contributed by atoms with Crippen molar-refractivity contribution in [3.05, 3.63) is 90.3 Å². The molecule has 2 unspecified atom stereocenters. The number of nitrogens with zero attached hydrogens (tertiary/aromatic N) is 3. The van der Waals surface area contributed by atoms with Gasteiger partial charge in [-0.1, -0.05) is 48.5 Å². The van der Waals surface area contributed by atoms with Crippen LogP contribution in [-0.4, -0.2) is 41.2 Å². The van der Waals surface area contributed by atoms with Crippen molar-refractivity contribution < 1.29 is 13.9 Å². The molecule has 0 radical (unpaired) electrons. The third kappa shape index (κ3) is 5.25. The molecular weight excluding hydrogens is 440 g/mol. The van der Waals surface area contributed by atoms with Crippen molar-refractivity contribution in [2.24, 2.45) is 0 Å². The van der Waals surface area contributed by atoms with Gasteiger partial charge in [0.05, 0.1) is 24.0 Å². The normalized spacial score (nSPS) is 17.8. The van der Waals surface area contributed by atoms with Gasteiger partial charge in [-0.15, -0.1) is 0 Å². The number of carbonyl (C=O) groups excluding carboxylic acids is 1. The molecule has 1 aliphatic rings. The zero-order chi connectivity index (χ0) is 24.2. The first kappa shape index (κ1) is 22.8. The fourth-order valence-electron chi connectivity index (χ4n) is 4.35. The summed E-state index contributed by atoms with van der Waals surface area (Å²) >= 11 is 0. The number of carbonyl (C=O) groups is 1. The van der Waals surface area contributed by atoms with Crippen LogP contribution < -0.4 is 10.2 Å². The van der Waals surface area contributed by atoms with Crippen LogP contribution in [0.5, 0.6) is 0 Å². The van der Waals surface area contributed by atoms with Crippen LogP contribution in [0.1, 0.15) is 29.8 Å². The van der Waals surface area contributed by atoms with Gasteiger partial charge in [0, 0.05) is 37.0 Å². The maximum Gasteiger partial charge on any atom is 0.252 e. The van der Waals surface area contributed by atoms with Crippen LogP contribution in [0.4, 0.5) is 5.82 Å². The number of hydrogen-bond donors (Lipinski definition) is 1. The molecule has 7 nitrogen and oxygen atoms in total. The molecule has 2 aromatic heterocycles. The Morgan fingerprint density at radius 3 is 2.43 bits per heavy atom. The number of aromatic nitrogens is 2. The molecule has 0 aliphatic carbocycles. The fraction of sp³-hybridized carbons (Fsp3) is 0.250. The third-order valence-electron chi connectivity index (χ3n) is 5.97. The number of rotatable bonds is 6. The molecule has 35 heavy (non-hydrogen) atoms. The first-order chi connectivity index (χ1) is 17.1. The second-order valence-corrected chi connectivity index (χ2v) is 8.81. The van der Waals surface area contributed by atoms with E-state index in [4.69, 9.17) is 9.15 Å². The van der Waals surface area contributed by atoms with Crippen molar-refractivity contribution >= 4 is 11.7 Å². The number of oxazole rings is 1. The summed E-state index contributed by atoms with van der Waals surface area (Å²) in [6.07, 6.45) is 3.84. The maximum absolute atomic E-state index is 13.1. The van der Waals surface area contributed by atoms with Crippen molar-refractivity contribution in [2.45, 2.75) is 32.6 Å². The average Bonchev–Trinajstić information content (AvgIpc) is 3.38. The molecule has 1 aliphatic heterocycles. The van der Waals surface area contributed by atoms with Crippen molar-refractivity contribution in [3.63, 3.8) is 0 Å². The van der Waals surface area contributed by atoms with E-state index in [1.165, 1.54) is 0 Å². The zero-order valence-corrected chi connectivity index (χ0v) is 19.8. The number of hydrogen-bond acceptors (Lipinski definition) is 6. The lowest BCUT2D eigenvalue weighted by Gasteiger charge is -2.36. The highest BCUT2D eigenvalue weighted by Crippen LogP contribution is 2.28. The average molecular weight is 469 g/mol. The van der Waals surface area contributed by atoms with Crippen LogP contribution in [0.25, 0.3) is 22.8 Å². The van der Waals surface area contributed by atoms with Gasteiger partial charge >= 0.3 is 0 Å². The first-order valence-corrected chi connectivity index (χ1v) is 11.8. The quantitative estimate of drug-likeness (QED) is 0.431. The third-order valence-corrected chi connectivity index (χ3v) is 5.97. The molecule has 1 amide bonds. The van der Waals surface area contributed by atoms with Crippen LogP contribution >= 0.6 is 0 Å². The lowest BCUT2D eigenvalue weighted by Crippen LogP contribution is -2.45. The van der Waals surface area contributed by atoms with Gasteiger partial charge in [0.25, 0.3) is 5.91 Å². The Morgan fingerprint density at radius 1 is 0.943 bits per heavy atom. The smallest absolute Gasteiger partial charge is 0.252 e. The Labute approximate surface area is 204 Å². The summed E-state index contributed by atoms with van der Waals surface area (Å²) < 4.78 is 11.8. The number of pyridine rings is 1. The summed E-state index contributed by atoms with van der Waals surface area (Å²) in [5.74, 6) is 1.80. The van der Waals surface area contributed by atoms with E-state index in [1.54, 1.807) is 12.3 Å². The van der Waals surface area contributed by atoms with E-state index in [2.05, 4.69) is 34.0 Å². The lowest BCUT2D eigenvalue weighted by molar-refractivity contribution is -0.00546. The van der Waals surface area contributed by atoms with Crippen molar-refractivity contribution in [1.29, 1.82) is 0 Å². The van der Waals surface area contributed by atoms with Gasteiger partial charge in [-0.25, -0.2) is 9.97 Å². The van der Waals surface area contributed by atoms with E-state index in [0.717, 1.165) is 30.0 Å². The second kappa shape index (κ2) is 10.1. The number of benzene rings is 2. The van der Waals surface area contributed by atoms with Crippen molar-refractivity contribution in [1.82, 2.24) is 15.3 Å². The van der Waals surface area contributed by atoms with E-state index in [-0.39, 0.29) is 18.1 Å². The Bertz CT molecular complexity index is 1280. The molecule has 3 heterocycles. The van der Waals surface area contributed by atoms with Crippen LogP contribution in [0, 0.1) is 0 Å². The van der Waals surface area contributed by atoms with Crippen LogP contribution in [-0.2, 0) is 11.3 Å². The minimum atomic E-state index is -0.194. The number of ether oxygens (including phenoxy) is 1. The van der Waals surface area contributed by atoms with Crippen LogP contribution in [0.2, 0.25) is 0 Å². The van der Waals surface area contributed by atoms with Gasteiger partial charge < -0.3 is 19.4 Å². The van der Waals surface area contributed by atoms with Gasteiger partial charge in [0.1, 0.15) is 5.82 Å². The van der Waals surface area contributed by atoms with E-state index >= 15 is 0 Å². The molecular formula is C28H28N4O3. The van der Waals surface area contributed by atoms with E-state index in [0.29, 0.717) is 29.3 Å². The van der Waals surface area contributed by atoms with Crippen LogP contribution in [0.15, 0.2) is 83.5 Å². The Morgan fingerprint density at radius 2 is 1.69 bits per heavy atom. The maximum atomic E-state index is 13.1. The minimum Gasteiger partial charge on any atom is -0.436 e. The standard InChI is InChI=1S/C28H28N4O3/c1-19-17-32(18-20(2)34-19)26-13-12-21(14-29-26)15-30-27(33)23-10-6-7-11-24(23)28-31-16-25(35-28)22-8-4-3-5-9-22/h3-14,16,19-20H,15,17-18H2,1-2H3,(H,30,33). The van der Waals surface area contributed by atoms with Gasteiger partial charge in [-0.3, -0.25) is 4.79 Å². The van der Waals surface area contributed by atoms with Crippen molar-refractivity contribution in [3.8, 4) is 22.8 Å². The first-order valence-electron chi connectivity index (χ1n) is 11.8. The predicted molar refractivity (Wildman–Crippen MR) is 135 cm³/mol. The number of morpholine rings is 1. The van der Waals surface area contributed by atoms with Crippen molar-refractivity contribution in [2.75, 3.05) is 18.0 Å². The summed E-state index contributed by atoms with van der Waals surface area (Å²) in [7, 11) is 0. The molecule has 0 spiro atoms. The van der Waals surface area contributed by atoms with E-state index in [9.17, 15) is 4.79 Å². The Hall–Kier alpha value is -3.97. The van der Waals surface area contributed by atoms with Crippen LogP contribution in [0.3, 0.4) is 0 Å². The number of amides is 1. The topological polar surface area (TPSA) is 80.5 Å². The molecule has 0 bridgehead atoms. The summed E-state index contributed by atoms with van der Waals surface area (Å²) in [5.41, 5.74) is 3.02. The van der Waals surface area contributed by atoms with E-state index in [1.807, 2.05) is 66.9 Å². The summed E-state index contributed by atoms with van der Waals surface area (Å²) in [4.78, 5) is 24.3. The summed E-state index contributed by atoms with van der Waals surface area (Å²) in [5, 5.41) is 3.00. The molecule has 4 aromatic rings. The molecule has 1 N–H and O–H groups in total. The molecule has 0 saturated carbocycles. The highest BCUT2D eigenvalue weighted by atomic mass is 16.5. The number of nitrogens with one attached hydrogen (secondary N) is 1. The number of anilines is 1. The van der Waals surface area contributed by atoms with Gasteiger partial charge in [0.2, 0.25) is 5.89 Å². The molecule has 7 heteroatoms. The lowest BCUT2D eigenvalue weighted by atomic mass is 10.1. The summed E-state index contributed by atoms with van der Waals surface area (Å²) in [6, 6.07) is 21.1. The largest absolute Gasteiger partial charge is 0.436 e. The molecule has 2 atom stereocenters.